The number of nitrogens with two attached hydrogens (primary N) is 1. The monoisotopic (exact) mass is 316 g/mol. The third-order valence-corrected chi connectivity index (χ3v) is 3.86. The van der Waals surface area contributed by atoms with Crippen molar-refractivity contribution in [3.8, 4) is 0 Å². The zero-order valence-corrected chi connectivity index (χ0v) is 11.4. The molecule has 21 heavy (non-hydrogen) atoms. The Morgan fingerprint density at radius 1 is 1.33 bits per heavy atom. The van der Waals surface area contributed by atoms with Gasteiger partial charge in [0.1, 0.15) is 17.3 Å². The van der Waals surface area contributed by atoms with Crippen LogP contribution in [0.4, 0.5) is 13.2 Å². The summed E-state index contributed by atoms with van der Waals surface area (Å²) in [6, 6.07) is 6.99. The summed E-state index contributed by atoms with van der Waals surface area (Å²) in [4.78, 5) is 8.02. The Kier molecular flexibility index (Phi) is 4.51. The van der Waals surface area contributed by atoms with E-state index in [0.29, 0.717) is 15.9 Å². The number of halogens is 3. The van der Waals surface area contributed by atoms with Crippen molar-refractivity contribution in [1.29, 1.82) is 0 Å². The fourth-order valence-electron chi connectivity index (χ4n) is 1.67. The summed E-state index contributed by atoms with van der Waals surface area (Å²) in [7, 11) is 0. The Bertz CT molecular complexity index is 657. The van der Waals surface area contributed by atoms with E-state index in [4.69, 9.17) is 10.9 Å². The summed E-state index contributed by atoms with van der Waals surface area (Å²) in [5, 5.41) is 12.0. The molecule has 0 saturated heterocycles. The van der Waals surface area contributed by atoms with Crippen LogP contribution in [-0.4, -0.2) is 32.9 Å². The second-order valence-corrected chi connectivity index (χ2v) is 5.13. The summed E-state index contributed by atoms with van der Waals surface area (Å²) < 4.78 is 38.6. The molecule has 1 aromatic carbocycles. The lowest BCUT2D eigenvalue weighted by Gasteiger charge is -2.18. The van der Waals surface area contributed by atoms with Crippen LogP contribution in [0.5, 0.6) is 0 Å². The number of para-hydroxylation sites is 1. The Morgan fingerprint density at radius 2 is 2.05 bits per heavy atom. The Labute approximate surface area is 122 Å². The predicted octanol–water partition coefficient (Wildman–Crippen LogP) is 2.65. The maximum atomic E-state index is 12.9. The van der Waals surface area contributed by atoms with Gasteiger partial charge < -0.3 is 10.9 Å². The van der Waals surface area contributed by atoms with Gasteiger partial charge in [-0.3, -0.25) is 0 Å². The molecule has 0 aliphatic carbocycles. The average molecular weight is 316 g/mol. The van der Waals surface area contributed by atoms with Crippen molar-refractivity contribution in [3.63, 3.8) is 0 Å². The molecule has 0 fully saturated rings. The van der Waals surface area contributed by atoms with Crippen LogP contribution < -0.4 is 5.73 Å². The number of oxime groups is 1. The van der Waals surface area contributed by atoms with Gasteiger partial charge in [0.15, 0.2) is 5.84 Å². The van der Waals surface area contributed by atoms with Gasteiger partial charge in [-0.15, -0.1) is 11.8 Å². The van der Waals surface area contributed by atoms with Gasteiger partial charge in [0, 0.05) is 11.1 Å². The lowest BCUT2D eigenvalue weighted by Crippen LogP contribution is -2.37. The Balaban J connectivity index is 2.24. The largest absolute Gasteiger partial charge is 0.409 e. The van der Waals surface area contributed by atoms with Gasteiger partial charge in [-0.25, -0.2) is 9.97 Å². The fraction of sp³-hybridized carbons (Fsp3) is 0.250. The molecule has 0 radical (unpaired) electrons. The lowest BCUT2D eigenvalue weighted by atomic mass is 10.1. The Hall–Kier alpha value is -2.03. The smallest absolute Gasteiger partial charge is 0.399 e. The fourth-order valence-corrected chi connectivity index (χ4v) is 2.81. The number of amidine groups is 1. The molecule has 2 aromatic rings. The van der Waals surface area contributed by atoms with Crippen LogP contribution in [0.2, 0.25) is 0 Å². The van der Waals surface area contributed by atoms with E-state index in [1.807, 2.05) is 0 Å². The van der Waals surface area contributed by atoms with Gasteiger partial charge in [0.25, 0.3) is 0 Å². The van der Waals surface area contributed by atoms with E-state index in [-0.39, 0.29) is 0 Å². The van der Waals surface area contributed by atoms with Crippen molar-refractivity contribution in [1.82, 2.24) is 9.97 Å². The van der Waals surface area contributed by atoms with Crippen LogP contribution in [0.25, 0.3) is 10.9 Å². The highest BCUT2D eigenvalue weighted by Crippen LogP contribution is 2.33. The summed E-state index contributed by atoms with van der Waals surface area (Å²) in [5.41, 5.74) is 5.76. The van der Waals surface area contributed by atoms with Crippen LogP contribution in [0.15, 0.2) is 40.8 Å². The van der Waals surface area contributed by atoms with Crippen molar-refractivity contribution in [2.45, 2.75) is 11.2 Å². The highest BCUT2D eigenvalue weighted by atomic mass is 32.2. The van der Waals surface area contributed by atoms with E-state index in [9.17, 15) is 13.2 Å². The van der Waals surface area contributed by atoms with E-state index < -0.39 is 23.7 Å². The number of nitrogens with zero attached hydrogens (tertiary/aromatic N) is 3. The third-order valence-electron chi connectivity index (χ3n) is 2.76. The van der Waals surface area contributed by atoms with Gasteiger partial charge in [-0.1, -0.05) is 23.4 Å². The highest BCUT2D eigenvalue weighted by Gasteiger charge is 2.42. The van der Waals surface area contributed by atoms with Crippen molar-refractivity contribution in [2.24, 2.45) is 16.8 Å². The molecule has 0 amide bonds. The maximum Gasteiger partial charge on any atom is 0.399 e. The number of alkyl halides is 3. The molecular weight excluding hydrogens is 305 g/mol. The summed E-state index contributed by atoms with van der Waals surface area (Å²) in [6.07, 6.45) is -3.30. The molecular formula is C12H11F3N4OS. The number of rotatable bonds is 4. The molecule has 2 rings (SSSR count). The standard InChI is InChI=1S/C12H11F3N4OS/c13-12(14,15)8(10(16)19-20)5-21-11-7-3-1-2-4-9(7)17-6-18-11/h1-4,6,8,20H,5H2,(H2,16,19). The molecule has 5 nitrogen and oxygen atoms in total. The SMILES string of the molecule is N/C(=N/O)C(CSc1ncnc2ccccc12)C(F)(F)F. The normalized spacial score (nSPS) is 14.3. The second kappa shape index (κ2) is 6.17. The van der Waals surface area contributed by atoms with Crippen LogP contribution in [0.1, 0.15) is 0 Å². The van der Waals surface area contributed by atoms with E-state index in [2.05, 4.69) is 15.1 Å². The third kappa shape index (κ3) is 3.54. The minimum absolute atomic E-state index is 0.417. The molecule has 9 heteroatoms. The van der Waals surface area contributed by atoms with Crippen LogP contribution >= 0.6 is 11.8 Å². The van der Waals surface area contributed by atoms with E-state index in [1.165, 1.54) is 6.33 Å². The van der Waals surface area contributed by atoms with Crippen LogP contribution in [-0.2, 0) is 0 Å². The number of aromatic nitrogens is 2. The van der Waals surface area contributed by atoms with Gasteiger partial charge >= 0.3 is 6.18 Å². The number of hydrogen-bond acceptors (Lipinski definition) is 5. The topological polar surface area (TPSA) is 84.4 Å². The second-order valence-electron chi connectivity index (χ2n) is 4.13. The van der Waals surface area contributed by atoms with Gasteiger partial charge in [-0.05, 0) is 6.07 Å². The molecule has 112 valence electrons. The first-order chi connectivity index (χ1) is 9.93. The number of thioether (sulfide) groups is 1. The molecule has 1 unspecified atom stereocenters. The number of fused-ring (bicyclic) bond motifs is 1. The first-order valence-corrected chi connectivity index (χ1v) is 6.78. The maximum absolute atomic E-state index is 12.9. The molecule has 1 aromatic heterocycles. The van der Waals surface area contributed by atoms with Gasteiger partial charge in [0.2, 0.25) is 0 Å². The van der Waals surface area contributed by atoms with Crippen molar-refractivity contribution < 1.29 is 18.4 Å². The van der Waals surface area contributed by atoms with Crippen LogP contribution in [0, 0.1) is 5.92 Å². The van der Waals surface area contributed by atoms with E-state index >= 15 is 0 Å². The molecule has 0 spiro atoms. The molecule has 0 aliphatic heterocycles. The molecule has 0 bridgehead atoms. The van der Waals surface area contributed by atoms with Crippen molar-refractivity contribution in [2.75, 3.05) is 5.75 Å². The first-order valence-electron chi connectivity index (χ1n) is 5.80. The van der Waals surface area contributed by atoms with Crippen LogP contribution in [0.3, 0.4) is 0 Å². The summed E-state index contributed by atoms with van der Waals surface area (Å²) in [5.74, 6) is -3.34. The average Bonchev–Trinajstić information content (AvgIpc) is 2.46. The molecule has 0 saturated carbocycles. The number of hydrogen-bond donors (Lipinski definition) is 2. The van der Waals surface area contributed by atoms with Crippen molar-refractivity contribution >= 4 is 28.5 Å². The number of benzene rings is 1. The zero-order valence-electron chi connectivity index (χ0n) is 10.6. The quantitative estimate of drug-likeness (QED) is 0.226. The Morgan fingerprint density at radius 3 is 2.71 bits per heavy atom. The minimum atomic E-state index is -4.59. The summed E-state index contributed by atoms with van der Waals surface area (Å²) >= 11 is 0.886. The van der Waals surface area contributed by atoms with Gasteiger partial charge in [-0.2, -0.15) is 13.2 Å². The lowest BCUT2D eigenvalue weighted by molar-refractivity contribution is -0.150. The predicted molar refractivity (Wildman–Crippen MR) is 73.2 cm³/mol. The molecule has 0 aliphatic rings. The highest BCUT2D eigenvalue weighted by molar-refractivity contribution is 7.99. The zero-order chi connectivity index (χ0) is 15.5. The summed E-state index contributed by atoms with van der Waals surface area (Å²) in [6.45, 7) is 0. The van der Waals surface area contributed by atoms with Gasteiger partial charge in [0.05, 0.1) is 5.52 Å². The van der Waals surface area contributed by atoms with E-state index in [1.54, 1.807) is 24.3 Å². The molecule has 1 heterocycles. The van der Waals surface area contributed by atoms with E-state index in [0.717, 1.165) is 11.8 Å². The van der Waals surface area contributed by atoms with Crippen molar-refractivity contribution in [3.05, 3.63) is 30.6 Å². The first kappa shape index (κ1) is 15.4. The molecule has 1 atom stereocenters. The molecule has 3 N–H and O–H groups in total. The minimum Gasteiger partial charge on any atom is -0.409 e.